The molecular weight excluding hydrogens is 435 g/mol. The van der Waals surface area contributed by atoms with Crippen molar-refractivity contribution in [2.45, 2.75) is 39.5 Å². The zero-order chi connectivity index (χ0) is 24.4. The van der Waals surface area contributed by atoms with Crippen LogP contribution >= 0.6 is 0 Å². The summed E-state index contributed by atoms with van der Waals surface area (Å²) in [6.45, 7) is 5.37. The van der Waals surface area contributed by atoms with Gasteiger partial charge < -0.3 is 5.11 Å². The molecule has 0 aliphatic rings. The predicted octanol–water partition coefficient (Wildman–Crippen LogP) is 7.68. The van der Waals surface area contributed by atoms with Crippen molar-refractivity contribution in [3.63, 3.8) is 0 Å². The molecule has 174 valence electrons. The Bertz CT molecular complexity index is 1280. The van der Waals surface area contributed by atoms with Gasteiger partial charge >= 0.3 is 0 Å². The van der Waals surface area contributed by atoms with Crippen molar-refractivity contribution in [1.82, 2.24) is 4.98 Å². The second-order valence-electron chi connectivity index (χ2n) is 8.71. The molecule has 1 aromatic heterocycles. The van der Waals surface area contributed by atoms with Crippen molar-refractivity contribution in [2.75, 3.05) is 0 Å². The Balaban J connectivity index is 2.08. The van der Waals surface area contributed by atoms with E-state index in [-0.39, 0.29) is 5.92 Å². The molecule has 4 aromatic rings. The third-order valence-electron chi connectivity index (χ3n) is 5.94. The summed E-state index contributed by atoms with van der Waals surface area (Å²) in [6.07, 6.45) is -1.52. The zero-order valence-corrected chi connectivity index (χ0v) is 19.3. The van der Waals surface area contributed by atoms with Gasteiger partial charge in [-0.15, -0.1) is 0 Å². The van der Waals surface area contributed by atoms with Crippen molar-refractivity contribution in [1.29, 1.82) is 0 Å². The molecule has 0 aliphatic heterocycles. The van der Waals surface area contributed by atoms with Gasteiger partial charge in [0, 0.05) is 16.7 Å². The normalized spacial score (nSPS) is 12.2. The fourth-order valence-electron chi connectivity index (χ4n) is 4.20. The maximum Gasteiger partial charge on any atom is 0.153 e. The van der Waals surface area contributed by atoms with E-state index >= 15 is 4.39 Å². The molecule has 0 fully saturated rings. The van der Waals surface area contributed by atoms with E-state index in [1.807, 2.05) is 32.9 Å². The lowest BCUT2D eigenvalue weighted by Crippen LogP contribution is -2.12. The number of pyridine rings is 1. The molecule has 0 aliphatic carbocycles. The maximum absolute atomic E-state index is 16.3. The zero-order valence-electron chi connectivity index (χ0n) is 19.3. The molecule has 1 unspecified atom stereocenters. The van der Waals surface area contributed by atoms with Gasteiger partial charge in [-0.1, -0.05) is 55.8 Å². The van der Waals surface area contributed by atoms with Crippen LogP contribution < -0.4 is 0 Å². The van der Waals surface area contributed by atoms with Crippen molar-refractivity contribution in [3.8, 4) is 22.4 Å². The Hall–Kier alpha value is -3.44. The van der Waals surface area contributed by atoms with E-state index in [1.54, 1.807) is 36.4 Å². The van der Waals surface area contributed by atoms with Crippen LogP contribution in [-0.2, 0) is 6.61 Å². The molecule has 0 saturated carbocycles. The molecule has 0 amide bonds. The van der Waals surface area contributed by atoms with E-state index in [1.165, 1.54) is 24.3 Å². The van der Waals surface area contributed by atoms with E-state index in [9.17, 15) is 13.9 Å². The lowest BCUT2D eigenvalue weighted by atomic mass is 9.84. The monoisotopic (exact) mass is 461 g/mol. The third kappa shape index (κ3) is 4.62. The second kappa shape index (κ2) is 9.82. The Morgan fingerprint density at radius 3 is 1.82 bits per heavy atom. The van der Waals surface area contributed by atoms with Crippen LogP contribution in [0.2, 0.25) is 0 Å². The van der Waals surface area contributed by atoms with Gasteiger partial charge in [-0.25, -0.2) is 13.2 Å². The highest BCUT2D eigenvalue weighted by molar-refractivity contribution is 5.80. The number of aliphatic hydroxyl groups is 1. The standard InChI is InChI=1S/C29H26F3NO/c1-17(2)28-26(27(32)20-6-4-18(3)5-7-20)25(19-8-12-22(30)13-9-19)24(16-34)29(33-28)21-10-14-23(31)15-11-21/h4-15,17,27,34H,16H2,1-3H3. The number of hydrogen-bond donors (Lipinski definition) is 1. The molecule has 1 atom stereocenters. The van der Waals surface area contributed by atoms with Crippen LogP contribution in [0, 0.1) is 18.6 Å². The molecule has 0 saturated heterocycles. The average molecular weight is 462 g/mol. The quantitative estimate of drug-likeness (QED) is 0.319. The van der Waals surface area contributed by atoms with Crippen molar-refractivity contribution in [2.24, 2.45) is 0 Å². The summed E-state index contributed by atoms with van der Waals surface area (Å²) in [4.78, 5) is 4.81. The van der Waals surface area contributed by atoms with Gasteiger partial charge in [-0.05, 0) is 65.9 Å². The molecule has 2 nitrogen and oxygen atoms in total. The highest BCUT2D eigenvalue weighted by Gasteiger charge is 2.29. The molecule has 0 bridgehead atoms. The van der Waals surface area contributed by atoms with E-state index in [4.69, 9.17) is 4.98 Å². The lowest BCUT2D eigenvalue weighted by molar-refractivity contribution is 0.282. The molecule has 0 spiro atoms. The van der Waals surface area contributed by atoms with E-state index in [0.717, 1.165) is 5.56 Å². The highest BCUT2D eigenvalue weighted by atomic mass is 19.1. The summed E-state index contributed by atoms with van der Waals surface area (Å²) in [6, 6.07) is 18.8. The number of aliphatic hydroxyl groups excluding tert-OH is 1. The van der Waals surface area contributed by atoms with Crippen LogP contribution in [-0.4, -0.2) is 10.1 Å². The van der Waals surface area contributed by atoms with E-state index < -0.39 is 24.4 Å². The predicted molar refractivity (Wildman–Crippen MR) is 129 cm³/mol. The molecular formula is C29H26F3NO. The summed E-state index contributed by atoms with van der Waals surface area (Å²) in [7, 11) is 0. The number of halogens is 3. The van der Waals surface area contributed by atoms with Crippen molar-refractivity contribution in [3.05, 3.63) is 112 Å². The Kier molecular flexibility index (Phi) is 6.85. The Labute approximate surface area is 197 Å². The van der Waals surface area contributed by atoms with Crippen LogP contribution in [0.15, 0.2) is 72.8 Å². The fourth-order valence-corrected chi connectivity index (χ4v) is 4.20. The number of nitrogens with zero attached hydrogens (tertiary/aromatic N) is 1. The molecule has 1 N–H and O–H groups in total. The summed E-state index contributed by atoms with van der Waals surface area (Å²) in [5.41, 5.74) is 4.88. The topological polar surface area (TPSA) is 33.1 Å². The number of hydrogen-bond acceptors (Lipinski definition) is 2. The van der Waals surface area contributed by atoms with Gasteiger partial charge in [-0.2, -0.15) is 0 Å². The van der Waals surface area contributed by atoms with Gasteiger partial charge in [0.05, 0.1) is 18.0 Å². The summed E-state index contributed by atoms with van der Waals surface area (Å²) in [5.74, 6) is -0.954. The Morgan fingerprint density at radius 2 is 1.32 bits per heavy atom. The number of aryl methyl sites for hydroxylation is 1. The highest BCUT2D eigenvalue weighted by Crippen LogP contribution is 2.43. The van der Waals surface area contributed by atoms with Gasteiger partial charge in [0.2, 0.25) is 0 Å². The minimum atomic E-state index is -1.52. The first kappa shape index (κ1) is 23.7. The minimum absolute atomic E-state index is 0.148. The van der Waals surface area contributed by atoms with Crippen LogP contribution in [0.4, 0.5) is 13.2 Å². The molecule has 3 aromatic carbocycles. The molecule has 1 heterocycles. The molecule has 4 rings (SSSR count). The smallest absolute Gasteiger partial charge is 0.153 e. The summed E-state index contributed by atoms with van der Waals surface area (Å²) in [5, 5.41) is 10.5. The third-order valence-corrected chi connectivity index (χ3v) is 5.94. The van der Waals surface area contributed by atoms with Gasteiger partial charge in [0.1, 0.15) is 11.6 Å². The van der Waals surface area contributed by atoms with Crippen LogP contribution in [0.25, 0.3) is 22.4 Å². The SMILES string of the molecule is Cc1ccc(C(F)c2c(C(C)C)nc(-c3ccc(F)cc3)c(CO)c2-c2ccc(F)cc2)cc1. The molecule has 5 heteroatoms. The molecule has 34 heavy (non-hydrogen) atoms. The van der Waals surface area contributed by atoms with Crippen LogP contribution in [0.3, 0.4) is 0 Å². The van der Waals surface area contributed by atoms with Gasteiger partial charge in [0.25, 0.3) is 0 Å². The first-order chi connectivity index (χ1) is 16.3. The van der Waals surface area contributed by atoms with Gasteiger partial charge in [0.15, 0.2) is 6.17 Å². The van der Waals surface area contributed by atoms with Crippen molar-refractivity contribution < 1.29 is 18.3 Å². The number of aromatic nitrogens is 1. The number of alkyl halides is 1. The lowest BCUT2D eigenvalue weighted by Gasteiger charge is -2.25. The Morgan fingerprint density at radius 1 is 0.794 bits per heavy atom. The van der Waals surface area contributed by atoms with Crippen molar-refractivity contribution >= 4 is 0 Å². The van der Waals surface area contributed by atoms with E-state index in [2.05, 4.69) is 0 Å². The second-order valence-corrected chi connectivity index (χ2v) is 8.71. The summed E-state index contributed by atoms with van der Waals surface area (Å²) >= 11 is 0. The number of rotatable bonds is 6. The maximum atomic E-state index is 16.3. The summed E-state index contributed by atoms with van der Waals surface area (Å²) < 4.78 is 43.7. The fraction of sp³-hybridized carbons (Fsp3) is 0.207. The van der Waals surface area contributed by atoms with Crippen LogP contribution in [0.5, 0.6) is 0 Å². The van der Waals surface area contributed by atoms with E-state index in [0.29, 0.717) is 44.8 Å². The largest absolute Gasteiger partial charge is 0.392 e. The van der Waals surface area contributed by atoms with Gasteiger partial charge in [-0.3, -0.25) is 4.98 Å². The first-order valence-corrected chi connectivity index (χ1v) is 11.2. The van der Waals surface area contributed by atoms with Crippen LogP contribution in [0.1, 0.15) is 53.9 Å². The average Bonchev–Trinajstić information content (AvgIpc) is 2.83. The molecule has 0 radical (unpaired) electrons. The number of benzene rings is 3. The first-order valence-electron chi connectivity index (χ1n) is 11.2. The minimum Gasteiger partial charge on any atom is -0.392 e.